The van der Waals surface area contributed by atoms with Crippen LogP contribution in [0.15, 0.2) is 23.1 Å². The minimum Gasteiger partial charge on any atom is -0.316 e. The highest BCUT2D eigenvalue weighted by Crippen LogP contribution is 2.34. The fourth-order valence-electron chi connectivity index (χ4n) is 2.22. The Morgan fingerprint density at radius 1 is 1.39 bits per heavy atom. The molecular weight excluding hydrogens is 270 g/mol. The number of benzene rings is 1. The number of fused-ring (bicyclic) bond motifs is 2. The molecule has 1 amide bonds. The number of hydrogen-bond acceptors (Lipinski definition) is 4. The van der Waals surface area contributed by atoms with Gasteiger partial charge in [-0.15, -0.1) is 0 Å². The van der Waals surface area contributed by atoms with Crippen LogP contribution >= 0.6 is 11.8 Å². The van der Waals surface area contributed by atoms with Crippen molar-refractivity contribution in [3.8, 4) is 0 Å². The van der Waals surface area contributed by atoms with Crippen LogP contribution in [0.3, 0.4) is 0 Å². The van der Waals surface area contributed by atoms with E-state index in [1.807, 2.05) is 13.0 Å². The third kappa shape index (κ3) is 1.71. The molecule has 0 aromatic heterocycles. The molecule has 3 rings (SSSR count). The Hall–Kier alpha value is -1.14. The Morgan fingerprint density at radius 2 is 2.17 bits per heavy atom. The largest absolute Gasteiger partial charge is 0.316 e. The van der Waals surface area contributed by atoms with Crippen LogP contribution in [-0.2, 0) is 15.6 Å². The summed E-state index contributed by atoms with van der Waals surface area (Å²) >= 11 is 1.03. The second kappa shape index (κ2) is 4.20. The molecule has 0 N–H and O–H groups in total. The first-order valence-corrected chi connectivity index (χ1v) is 7.78. The molecule has 1 saturated heterocycles. The van der Waals surface area contributed by atoms with Gasteiger partial charge in [-0.05, 0) is 30.8 Å². The maximum absolute atomic E-state index is 12.4. The smallest absolute Gasteiger partial charge is 0.256 e. The molecule has 2 aliphatic rings. The number of thioether (sulfide) groups is 1. The highest BCUT2D eigenvalue weighted by atomic mass is 32.2. The Bertz CT molecular complexity index is 585. The number of nitrogens with zero attached hydrogens (tertiary/aromatic N) is 1. The van der Waals surface area contributed by atoms with Gasteiger partial charge in [0.05, 0.1) is 16.4 Å². The zero-order valence-corrected chi connectivity index (χ0v) is 11.3. The summed E-state index contributed by atoms with van der Waals surface area (Å²) in [4.78, 5) is 26.6. The Balaban J connectivity index is 2.14. The van der Waals surface area contributed by atoms with Crippen LogP contribution in [0.4, 0.5) is 0 Å². The van der Waals surface area contributed by atoms with Crippen LogP contribution in [0, 0.1) is 6.92 Å². The molecule has 1 fully saturated rings. The molecule has 18 heavy (non-hydrogen) atoms. The molecule has 1 aromatic rings. The monoisotopic (exact) mass is 281 g/mol. The Kier molecular flexibility index (Phi) is 2.79. The number of carbonyl (C=O) groups is 2. The molecular formula is C12H11NO3S2. The summed E-state index contributed by atoms with van der Waals surface area (Å²) in [6.07, 6.45) is 0. The summed E-state index contributed by atoms with van der Waals surface area (Å²) in [7, 11) is -1.26. The van der Waals surface area contributed by atoms with Gasteiger partial charge in [0, 0.05) is 17.2 Å². The number of carbonyl (C=O) groups excluding carboxylic acids is 2. The molecule has 6 heteroatoms. The van der Waals surface area contributed by atoms with Crippen molar-refractivity contribution in [1.29, 1.82) is 0 Å². The number of aryl methyl sites for hydroxylation is 1. The minimum atomic E-state index is -1.26. The van der Waals surface area contributed by atoms with Gasteiger partial charge in [-0.25, -0.2) is 0 Å². The summed E-state index contributed by atoms with van der Waals surface area (Å²) in [6, 6.07) is 5.46. The highest BCUT2D eigenvalue weighted by Gasteiger charge is 2.43. The van der Waals surface area contributed by atoms with Crippen molar-refractivity contribution >= 4 is 33.6 Å². The standard InChI is InChI=1S/C12H11NO3S2/c1-7-2-3-9-8(6-7)10(14)13-4-5-18(16)11(13)12(15)17-9/h2-3,6,11H,4-5H2,1H3/t11-,18?/m1/s1. The quantitative estimate of drug-likeness (QED) is 0.716. The van der Waals surface area contributed by atoms with E-state index >= 15 is 0 Å². The predicted octanol–water partition coefficient (Wildman–Crippen LogP) is 1.16. The van der Waals surface area contributed by atoms with E-state index in [9.17, 15) is 13.8 Å². The summed E-state index contributed by atoms with van der Waals surface area (Å²) in [5.41, 5.74) is 1.53. The second-order valence-electron chi connectivity index (χ2n) is 4.36. The average Bonchev–Trinajstić information content (AvgIpc) is 2.68. The SMILES string of the molecule is Cc1ccc2c(c1)C(=O)N1CCS(=O)[C@@H]1C(=O)S2. The minimum absolute atomic E-state index is 0.178. The predicted molar refractivity (Wildman–Crippen MR) is 69.9 cm³/mol. The summed E-state index contributed by atoms with van der Waals surface area (Å²) in [5, 5.41) is -0.961. The number of hydrogen-bond donors (Lipinski definition) is 0. The fraction of sp³-hybridized carbons (Fsp3) is 0.333. The molecule has 2 aliphatic heterocycles. The molecule has 94 valence electrons. The molecule has 0 saturated carbocycles. The van der Waals surface area contributed by atoms with Crippen LogP contribution in [-0.4, -0.2) is 37.8 Å². The molecule has 0 spiro atoms. The Morgan fingerprint density at radius 3 is 2.94 bits per heavy atom. The maximum atomic E-state index is 12.4. The first-order chi connectivity index (χ1) is 8.58. The lowest BCUT2D eigenvalue weighted by Crippen LogP contribution is -2.39. The van der Waals surface area contributed by atoms with E-state index in [1.54, 1.807) is 12.1 Å². The van der Waals surface area contributed by atoms with Gasteiger partial charge in [-0.1, -0.05) is 11.6 Å². The van der Waals surface area contributed by atoms with Gasteiger partial charge in [0.25, 0.3) is 5.91 Å². The van der Waals surface area contributed by atoms with E-state index in [0.29, 0.717) is 22.8 Å². The van der Waals surface area contributed by atoms with E-state index in [4.69, 9.17) is 0 Å². The van der Waals surface area contributed by atoms with E-state index in [0.717, 1.165) is 17.3 Å². The number of amides is 1. The normalized spacial score (nSPS) is 26.8. The zero-order chi connectivity index (χ0) is 12.9. The second-order valence-corrected chi connectivity index (χ2v) is 7.02. The summed E-state index contributed by atoms with van der Waals surface area (Å²) in [6.45, 7) is 2.31. The molecule has 2 heterocycles. The first kappa shape index (κ1) is 11.9. The summed E-state index contributed by atoms with van der Waals surface area (Å²) in [5.74, 6) is 0.215. The van der Waals surface area contributed by atoms with Crippen molar-refractivity contribution in [3.63, 3.8) is 0 Å². The molecule has 1 aromatic carbocycles. The van der Waals surface area contributed by atoms with Crippen molar-refractivity contribution in [2.45, 2.75) is 17.2 Å². The van der Waals surface area contributed by atoms with Crippen molar-refractivity contribution in [2.75, 3.05) is 12.3 Å². The van der Waals surface area contributed by atoms with Gasteiger partial charge in [-0.2, -0.15) is 0 Å². The number of rotatable bonds is 0. The molecule has 2 atom stereocenters. The first-order valence-electron chi connectivity index (χ1n) is 5.58. The van der Waals surface area contributed by atoms with E-state index in [-0.39, 0.29) is 11.0 Å². The van der Waals surface area contributed by atoms with Gasteiger partial charge >= 0.3 is 0 Å². The van der Waals surface area contributed by atoms with Crippen molar-refractivity contribution in [3.05, 3.63) is 29.3 Å². The zero-order valence-electron chi connectivity index (χ0n) is 9.71. The van der Waals surface area contributed by atoms with Gasteiger partial charge in [0.1, 0.15) is 0 Å². The third-order valence-electron chi connectivity index (χ3n) is 3.10. The lowest BCUT2D eigenvalue weighted by molar-refractivity contribution is -0.112. The van der Waals surface area contributed by atoms with Crippen molar-refractivity contribution in [1.82, 2.24) is 4.90 Å². The molecule has 0 radical (unpaired) electrons. The van der Waals surface area contributed by atoms with Crippen LogP contribution in [0.2, 0.25) is 0 Å². The maximum Gasteiger partial charge on any atom is 0.256 e. The molecule has 4 nitrogen and oxygen atoms in total. The Labute approximate surface area is 111 Å². The van der Waals surface area contributed by atoms with Crippen LogP contribution in [0.5, 0.6) is 0 Å². The topological polar surface area (TPSA) is 54.5 Å². The molecule has 0 aliphatic carbocycles. The van der Waals surface area contributed by atoms with Crippen LogP contribution < -0.4 is 0 Å². The van der Waals surface area contributed by atoms with Gasteiger partial charge in [-0.3, -0.25) is 13.8 Å². The van der Waals surface area contributed by atoms with Gasteiger partial charge in [0.15, 0.2) is 5.37 Å². The molecule has 0 bridgehead atoms. The van der Waals surface area contributed by atoms with E-state index in [2.05, 4.69) is 0 Å². The summed E-state index contributed by atoms with van der Waals surface area (Å²) < 4.78 is 11.8. The fourth-order valence-corrected chi connectivity index (χ4v) is 4.82. The highest BCUT2D eigenvalue weighted by molar-refractivity contribution is 8.15. The van der Waals surface area contributed by atoms with E-state index in [1.165, 1.54) is 4.90 Å². The third-order valence-corrected chi connectivity index (χ3v) is 5.81. The van der Waals surface area contributed by atoms with Crippen LogP contribution in [0.25, 0.3) is 0 Å². The lowest BCUT2D eigenvalue weighted by atomic mass is 10.1. The van der Waals surface area contributed by atoms with E-state index < -0.39 is 16.2 Å². The van der Waals surface area contributed by atoms with Crippen molar-refractivity contribution in [2.24, 2.45) is 0 Å². The van der Waals surface area contributed by atoms with Gasteiger partial charge in [0.2, 0.25) is 5.12 Å². The van der Waals surface area contributed by atoms with Crippen LogP contribution in [0.1, 0.15) is 15.9 Å². The lowest BCUT2D eigenvalue weighted by Gasteiger charge is -2.18. The molecule has 1 unspecified atom stereocenters. The van der Waals surface area contributed by atoms with Gasteiger partial charge < -0.3 is 4.90 Å². The average molecular weight is 281 g/mol. The van der Waals surface area contributed by atoms with Crippen molar-refractivity contribution < 1.29 is 13.8 Å².